The third kappa shape index (κ3) is 5.04. The van der Waals surface area contributed by atoms with Gasteiger partial charge in [0.1, 0.15) is 0 Å². The van der Waals surface area contributed by atoms with Crippen LogP contribution in [0.5, 0.6) is 0 Å². The standard InChI is InChI=1S/C21H24N6O2/c1-4-15-6-8-16(9-7-15)18(14(2)3)26-20(29)19(28)25-17-12-24-27(13-17)21-22-10-5-11-23-21/h5-14,18H,4H2,1-3H3,(H,25,28)(H,26,29). The quantitative estimate of drug-likeness (QED) is 0.628. The smallest absolute Gasteiger partial charge is 0.313 e. The van der Waals surface area contributed by atoms with Crippen LogP contribution in [0.4, 0.5) is 5.69 Å². The summed E-state index contributed by atoms with van der Waals surface area (Å²) in [7, 11) is 0. The fourth-order valence-corrected chi connectivity index (χ4v) is 2.90. The molecule has 29 heavy (non-hydrogen) atoms. The van der Waals surface area contributed by atoms with Gasteiger partial charge in [0.05, 0.1) is 24.1 Å². The fraction of sp³-hybridized carbons (Fsp3) is 0.286. The summed E-state index contributed by atoms with van der Waals surface area (Å²) < 4.78 is 1.42. The van der Waals surface area contributed by atoms with Crippen LogP contribution in [0.3, 0.4) is 0 Å². The molecule has 0 saturated heterocycles. The first kappa shape index (κ1) is 20.2. The Kier molecular flexibility index (Phi) is 6.33. The van der Waals surface area contributed by atoms with Gasteiger partial charge in [0.15, 0.2) is 0 Å². The summed E-state index contributed by atoms with van der Waals surface area (Å²) >= 11 is 0. The Bertz CT molecular complexity index is 966. The molecule has 2 heterocycles. The van der Waals surface area contributed by atoms with Crippen LogP contribution in [0.2, 0.25) is 0 Å². The minimum atomic E-state index is -0.755. The highest BCUT2D eigenvalue weighted by Crippen LogP contribution is 2.22. The zero-order chi connectivity index (χ0) is 20.8. The zero-order valence-electron chi connectivity index (χ0n) is 16.7. The van der Waals surface area contributed by atoms with E-state index in [0.29, 0.717) is 11.6 Å². The van der Waals surface area contributed by atoms with Gasteiger partial charge in [-0.25, -0.2) is 14.6 Å². The predicted molar refractivity (Wildman–Crippen MR) is 109 cm³/mol. The third-order valence-corrected chi connectivity index (χ3v) is 4.50. The largest absolute Gasteiger partial charge is 0.341 e. The number of amides is 2. The average Bonchev–Trinajstić information content (AvgIpc) is 3.21. The molecule has 2 aromatic heterocycles. The van der Waals surface area contributed by atoms with E-state index >= 15 is 0 Å². The van der Waals surface area contributed by atoms with E-state index in [1.807, 2.05) is 38.1 Å². The Labute approximate surface area is 169 Å². The van der Waals surface area contributed by atoms with Crippen molar-refractivity contribution < 1.29 is 9.59 Å². The van der Waals surface area contributed by atoms with Crippen LogP contribution >= 0.6 is 0 Å². The first-order valence-electron chi connectivity index (χ1n) is 9.50. The van der Waals surface area contributed by atoms with Crippen molar-refractivity contribution in [2.24, 2.45) is 5.92 Å². The van der Waals surface area contributed by atoms with Gasteiger partial charge >= 0.3 is 11.8 Å². The number of nitrogens with zero attached hydrogens (tertiary/aromatic N) is 4. The molecule has 0 saturated carbocycles. The van der Waals surface area contributed by atoms with Gasteiger partial charge in [-0.2, -0.15) is 5.10 Å². The van der Waals surface area contributed by atoms with E-state index in [1.54, 1.807) is 24.7 Å². The van der Waals surface area contributed by atoms with E-state index < -0.39 is 11.8 Å². The number of nitrogens with one attached hydrogen (secondary N) is 2. The topological polar surface area (TPSA) is 102 Å². The molecule has 0 fully saturated rings. The van der Waals surface area contributed by atoms with Gasteiger partial charge in [-0.05, 0) is 29.5 Å². The minimum Gasteiger partial charge on any atom is -0.341 e. The Morgan fingerprint density at radius 1 is 1.07 bits per heavy atom. The van der Waals surface area contributed by atoms with Crippen LogP contribution in [0, 0.1) is 5.92 Å². The molecule has 1 atom stereocenters. The second-order valence-electron chi connectivity index (χ2n) is 6.97. The van der Waals surface area contributed by atoms with E-state index in [0.717, 1.165) is 12.0 Å². The number of carbonyl (C=O) groups excluding carboxylic acids is 2. The third-order valence-electron chi connectivity index (χ3n) is 4.50. The molecule has 8 nitrogen and oxygen atoms in total. The number of benzene rings is 1. The lowest BCUT2D eigenvalue weighted by molar-refractivity contribution is -0.136. The molecular weight excluding hydrogens is 368 g/mol. The predicted octanol–water partition coefficient (Wildman–Crippen LogP) is 2.68. The maximum atomic E-state index is 12.5. The summed E-state index contributed by atoms with van der Waals surface area (Å²) in [5.74, 6) is -0.966. The number of hydrogen-bond acceptors (Lipinski definition) is 5. The Morgan fingerprint density at radius 2 is 1.76 bits per heavy atom. The molecule has 1 unspecified atom stereocenters. The summed E-state index contributed by atoms with van der Waals surface area (Å²) in [6, 6.07) is 9.49. The SMILES string of the molecule is CCc1ccc(C(NC(=O)C(=O)Nc2cnn(-c3ncccn3)c2)C(C)C)cc1. The summed E-state index contributed by atoms with van der Waals surface area (Å²) in [6.45, 7) is 6.09. The Morgan fingerprint density at radius 3 is 2.38 bits per heavy atom. The molecule has 150 valence electrons. The van der Waals surface area contributed by atoms with Crippen molar-refractivity contribution in [3.05, 3.63) is 66.2 Å². The lowest BCUT2D eigenvalue weighted by Gasteiger charge is -2.22. The maximum Gasteiger partial charge on any atom is 0.313 e. The van der Waals surface area contributed by atoms with Crippen LogP contribution in [-0.4, -0.2) is 31.6 Å². The van der Waals surface area contributed by atoms with Crippen LogP contribution < -0.4 is 10.6 Å². The zero-order valence-corrected chi connectivity index (χ0v) is 16.7. The van der Waals surface area contributed by atoms with E-state index in [-0.39, 0.29) is 12.0 Å². The van der Waals surface area contributed by atoms with Crippen molar-refractivity contribution in [3.8, 4) is 5.95 Å². The monoisotopic (exact) mass is 392 g/mol. The Hall–Kier alpha value is -3.55. The number of carbonyl (C=O) groups is 2. The van der Waals surface area contributed by atoms with Crippen LogP contribution in [0.25, 0.3) is 5.95 Å². The molecule has 8 heteroatoms. The number of anilines is 1. The van der Waals surface area contributed by atoms with Gasteiger partial charge in [0, 0.05) is 12.4 Å². The van der Waals surface area contributed by atoms with Crippen molar-refractivity contribution >= 4 is 17.5 Å². The van der Waals surface area contributed by atoms with Gasteiger partial charge in [0.2, 0.25) is 5.95 Å². The van der Waals surface area contributed by atoms with Gasteiger partial charge in [-0.1, -0.05) is 45.0 Å². The van der Waals surface area contributed by atoms with E-state index in [1.165, 1.54) is 16.4 Å². The van der Waals surface area contributed by atoms with Gasteiger partial charge in [-0.15, -0.1) is 0 Å². The second-order valence-corrected chi connectivity index (χ2v) is 6.97. The van der Waals surface area contributed by atoms with E-state index in [9.17, 15) is 9.59 Å². The molecule has 0 aliphatic rings. The van der Waals surface area contributed by atoms with Crippen molar-refractivity contribution in [3.63, 3.8) is 0 Å². The van der Waals surface area contributed by atoms with Crippen molar-refractivity contribution in [2.45, 2.75) is 33.2 Å². The highest BCUT2D eigenvalue weighted by Gasteiger charge is 2.23. The Balaban J connectivity index is 1.65. The molecule has 0 radical (unpaired) electrons. The number of aromatic nitrogens is 4. The summed E-state index contributed by atoms with van der Waals surface area (Å²) in [6.07, 6.45) is 7.11. The average molecular weight is 392 g/mol. The van der Waals surface area contributed by atoms with Gasteiger partial charge < -0.3 is 10.6 Å². The van der Waals surface area contributed by atoms with Crippen molar-refractivity contribution in [1.82, 2.24) is 25.1 Å². The lowest BCUT2D eigenvalue weighted by atomic mass is 9.95. The number of aryl methyl sites for hydroxylation is 1. The fourth-order valence-electron chi connectivity index (χ4n) is 2.90. The highest BCUT2D eigenvalue weighted by molar-refractivity contribution is 6.39. The van der Waals surface area contributed by atoms with Crippen LogP contribution in [-0.2, 0) is 16.0 Å². The number of hydrogen-bond donors (Lipinski definition) is 2. The molecule has 0 spiro atoms. The first-order chi connectivity index (χ1) is 14.0. The molecule has 1 aromatic carbocycles. The van der Waals surface area contributed by atoms with E-state index in [4.69, 9.17) is 0 Å². The van der Waals surface area contributed by atoms with Crippen LogP contribution in [0.15, 0.2) is 55.1 Å². The second kappa shape index (κ2) is 9.09. The number of rotatable bonds is 6. The van der Waals surface area contributed by atoms with Gasteiger partial charge in [0.25, 0.3) is 0 Å². The molecule has 3 aromatic rings. The van der Waals surface area contributed by atoms with Crippen molar-refractivity contribution in [1.29, 1.82) is 0 Å². The molecule has 3 rings (SSSR count). The minimum absolute atomic E-state index is 0.122. The summed E-state index contributed by atoms with van der Waals surface area (Å²) in [5.41, 5.74) is 2.57. The van der Waals surface area contributed by atoms with Crippen molar-refractivity contribution in [2.75, 3.05) is 5.32 Å². The first-order valence-corrected chi connectivity index (χ1v) is 9.50. The van der Waals surface area contributed by atoms with Crippen LogP contribution in [0.1, 0.15) is 37.9 Å². The summed E-state index contributed by atoms with van der Waals surface area (Å²) in [5, 5.41) is 9.48. The molecule has 2 N–H and O–H groups in total. The summed E-state index contributed by atoms with van der Waals surface area (Å²) in [4.78, 5) is 33.0. The van der Waals surface area contributed by atoms with E-state index in [2.05, 4.69) is 32.6 Å². The molecule has 0 bridgehead atoms. The molecule has 0 aliphatic carbocycles. The normalized spacial score (nSPS) is 11.9. The maximum absolute atomic E-state index is 12.5. The highest BCUT2D eigenvalue weighted by atomic mass is 16.2. The molecular formula is C21H24N6O2. The van der Waals surface area contributed by atoms with Gasteiger partial charge in [-0.3, -0.25) is 9.59 Å². The lowest BCUT2D eigenvalue weighted by Crippen LogP contribution is -2.39. The molecule has 0 aliphatic heterocycles. The molecule has 2 amide bonds.